The molecule has 0 heterocycles. The quantitative estimate of drug-likeness (QED) is 0.510. The van der Waals surface area contributed by atoms with Crippen molar-refractivity contribution in [2.45, 2.75) is 19.3 Å². The summed E-state index contributed by atoms with van der Waals surface area (Å²) in [6.07, 6.45) is 4.47. The van der Waals surface area contributed by atoms with Crippen LogP contribution in [0.3, 0.4) is 0 Å². The molecule has 49 valence electrons. The fraction of sp³-hybridized carbons (Fsp3) is 0.833. The molecule has 0 aliphatic heterocycles. The summed E-state index contributed by atoms with van der Waals surface area (Å²) in [4.78, 5) is 0. The summed E-state index contributed by atoms with van der Waals surface area (Å²) in [5, 5.41) is 16.6. The Morgan fingerprint density at radius 1 is 1.00 bits per heavy atom. The minimum atomic E-state index is 0.228. The van der Waals surface area contributed by atoms with Crippen LogP contribution >= 0.6 is 0 Å². The first-order valence-electron chi connectivity index (χ1n) is 2.95. The molecule has 2 N–H and O–H groups in total. The molecule has 0 aromatic carbocycles. The molecule has 0 aromatic rings. The summed E-state index contributed by atoms with van der Waals surface area (Å²) in [5.74, 6) is 0. The molecule has 0 amide bonds. The molecular formula is C6H13O2. The van der Waals surface area contributed by atoms with Crippen molar-refractivity contribution in [3.63, 3.8) is 0 Å². The minimum Gasteiger partial charge on any atom is -0.396 e. The van der Waals surface area contributed by atoms with Crippen molar-refractivity contribution in [1.82, 2.24) is 0 Å². The topological polar surface area (TPSA) is 40.5 Å². The van der Waals surface area contributed by atoms with Crippen molar-refractivity contribution in [3.8, 4) is 0 Å². The van der Waals surface area contributed by atoms with Crippen LogP contribution in [0.1, 0.15) is 19.3 Å². The Balaban J connectivity index is 2.53. The number of hydrogen-bond acceptors (Lipinski definition) is 2. The molecule has 8 heavy (non-hydrogen) atoms. The highest BCUT2D eigenvalue weighted by molar-refractivity contribution is 4.62. The van der Waals surface area contributed by atoms with Gasteiger partial charge in [-0.25, -0.2) is 0 Å². The molecule has 0 unspecified atom stereocenters. The van der Waals surface area contributed by atoms with Crippen LogP contribution in [0.5, 0.6) is 0 Å². The molecular weight excluding hydrogens is 104 g/mol. The van der Waals surface area contributed by atoms with Gasteiger partial charge in [0.25, 0.3) is 0 Å². The van der Waals surface area contributed by atoms with E-state index in [0.29, 0.717) is 0 Å². The van der Waals surface area contributed by atoms with E-state index in [1.54, 1.807) is 0 Å². The Bertz CT molecular complexity index is 31.5. The van der Waals surface area contributed by atoms with Gasteiger partial charge in [-0.1, -0.05) is 0 Å². The van der Waals surface area contributed by atoms with Crippen LogP contribution in [-0.4, -0.2) is 23.4 Å². The molecule has 1 radical (unpaired) electrons. The maximum Gasteiger partial charge on any atom is 0.0433 e. The van der Waals surface area contributed by atoms with E-state index in [1.165, 1.54) is 0 Å². The Morgan fingerprint density at radius 2 is 1.75 bits per heavy atom. The lowest BCUT2D eigenvalue weighted by atomic mass is 10.2. The summed E-state index contributed by atoms with van der Waals surface area (Å²) in [5.41, 5.74) is 0. The second kappa shape index (κ2) is 6.92. The predicted octanol–water partition coefficient (Wildman–Crippen LogP) is 0.346. The first-order valence-corrected chi connectivity index (χ1v) is 2.95. The average molecular weight is 117 g/mol. The first-order chi connectivity index (χ1) is 3.91. The third kappa shape index (κ3) is 5.92. The molecule has 0 aliphatic carbocycles. The van der Waals surface area contributed by atoms with Crippen molar-refractivity contribution < 1.29 is 10.2 Å². The maximum atomic E-state index is 8.28. The fourth-order valence-corrected chi connectivity index (χ4v) is 0.471. The van der Waals surface area contributed by atoms with Gasteiger partial charge in [-0.05, 0) is 25.7 Å². The van der Waals surface area contributed by atoms with E-state index in [1.807, 2.05) is 6.42 Å². The van der Waals surface area contributed by atoms with Gasteiger partial charge >= 0.3 is 0 Å². The van der Waals surface area contributed by atoms with Crippen molar-refractivity contribution >= 4 is 0 Å². The Morgan fingerprint density at radius 3 is 2.25 bits per heavy atom. The number of aliphatic hydroxyl groups excluding tert-OH is 2. The van der Waals surface area contributed by atoms with Crippen LogP contribution in [0.4, 0.5) is 0 Å². The van der Waals surface area contributed by atoms with Crippen LogP contribution in [-0.2, 0) is 0 Å². The zero-order valence-electron chi connectivity index (χ0n) is 5.01. The van der Waals surface area contributed by atoms with Gasteiger partial charge in [0.05, 0.1) is 0 Å². The summed E-state index contributed by atoms with van der Waals surface area (Å²) < 4.78 is 0. The number of unbranched alkanes of at least 4 members (excludes halogenated alkanes) is 3. The first kappa shape index (κ1) is 7.92. The van der Waals surface area contributed by atoms with Gasteiger partial charge in [0.15, 0.2) is 0 Å². The second-order valence-corrected chi connectivity index (χ2v) is 1.67. The highest BCUT2D eigenvalue weighted by Gasteiger charge is 1.85. The van der Waals surface area contributed by atoms with E-state index >= 15 is 0 Å². The van der Waals surface area contributed by atoms with E-state index < -0.39 is 0 Å². The smallest absolute Gasteiger partial charge is 0.0433 e. The fourth-order valence-electron chi connectivity index (χ4n) is 0.471. The predicted molar refractivity (Wildman–Crippen MR) is 32.3 cm³/mol. The van der Waals surface area contributed by atoms with E-state index in [-0.39, 0.29) is 13.2 Å². The molecule has 0 saturated carbocycles. The molecule has 0 bridgehead atoms. The van der Waals surface area contributed by atoms with Crippen molar-refractivity contribution in [3.05, 3.63) is 6.42 Å². The van der Waals surface area contributed by atoms with E-state index in [0.717, 1.165) is 19.3 Å². The van der Waals surface area contributed by atoms with E-state index in [2.05, 4.69) is 0 Å². The lowest BCUT2D eigenvalue weighted by Gasteiger charge is -1.92. The second-order valence-electron chi connectivity index (χ2n) is 1.67. The van der Waals surface area contributed by atoms with Crippen molar-refractivity contribution in [2.75, 3.05) is 13.2 Å². The van der Waals surface area contributed by atoms with Gasteiger partial charge in [-0.2, -0.15) is 0 Å². The van der Waals surface area contributed by atoms with Gasteiger partial charge in [0, 0.05) is 13.2 Å². The van der Waals surface area contributed by atoms with Gasteiger partial charge in [0.1, 0.15) is 0 Å². The van der Waals surface area contributed by atoms with Crippen LogP contribution in [0.2, 0.25) is 0 Å². The van der Waals surface area contributed by atoms with Gasteiger partial charge < -0.3 is 10.2 Å². The zero-order chi connectivity index (χ0) is 6.24. The summed E-state index contributed by atoms with van der Waals surface area (Å²) >= 11 is 0. The molecule has 0 spiro atoms. The van der Waals surface area contributed by atoms with Gasteiger partial charge in [-0.3, -0.25) is 0 Å². The highest BCUT2D eigenvalue weighted by atomic mass is 16.3. The van der Waals surface area contributed by atoms with Crippen LogP contribution in [0.15, 0.2) is 0 Å². The molecule has 2 heteroatoms. The zero-order valence-corrected chi connectivity index (χ0v) is 5.01. The largest absolute Gasteiger partial charge is 0.396 e. The Labute approximate surface area is 50.2 Å². The lowest BCUT2D eigenvalue weighted by Crippen LogP contribution is -1.86. The monoisotopic (exact) mass is 117 g/mol. The number of hydrogen-bond donors (Lipinski definition) is 2. The van der Waals surface area contributed by atoms with Gasteiger partial charge in [0.2, 0.25) is 0 Å². The Hall–Kier alpha value is -0.0800. The molecule has 2 nitrogen and oxygen atoms in total. The van der Waals surface area contributed by atoms with Crippen LogP contribution in [0, 0.1) is 6.42 Å². The Kier molecular flexibility index (Phi) is 6.85. The van der Waals surface area contributed by atoms with E-state index in [9.17, 15) is 0 Å². The summed E-state index contributed by atoms with van der Waals surface area (Å²) in [7, 11) is 0. The van der Waals surface area contributed by atoms with E-state index in [4.69, 9.17) is 10.2 Å². The molecule has 0 aromatic heterocycles. The highest BCUT2D eigenvalue weighted by Crippen LogP contribution is 1.94. The SMILES string of the molecule is OCC[CH]CCCO. The summed E-state index contributed by atoms with van der Waals surface area (Å²) in [6, 6.07) is 0. The third-order valence-corrected chi connectivity index (χ3v) is 0.900. The normalized spacial score (nSPS) is 9.75. The van der Waals surface area contributed by atoms with Crippen LogP contribution < -0.4 is 0 Å². The third-order valence-electron chi connectivity index (χ3n) is 0.900. The number of aliphatic hydroxyl groups is 2. The summed E-state index contributed by atoms with van der Waals surface area (Å²) in [6.45, 7) is 0.480. The van der Waals surface area contributed by atoms with Gasteiger partial charge in [-0.15, -0.1) is 0 Å². The maximum absolute atomic E-state index is 8.28. The molecule has 0 fully saturated rings. The van der Waals surface area contributed by atoms with Crippen molar-refractivity contribution in [1.29, 1.82) is 0 Å². The molecule has 0 atom stereocenters. The average Bonchev–Trinajstić information content (AvgIpc) is 1.81. The molecule has 0 rings (SSSR count). The standard InChI is InChI=1S/C6H13O2/c7-5-3-1-2-4-6-8/h1,7-8H,2-6H2. The minimum absolute atomic E-state index is 0.228. The molecule has 0 aliphatic rings. The lowest BCUT2D eigenvalue weighted by molar-refractivity contribution is 0.279. The number of rotatable bonds is 5. The van der Waals surface area contributed by atoms with Crippen LogP contribution in [0.25, 0.3) is 0 Å². The van der Waals surface area contributed by atoms with Crippen molar-refractivity contribution in [2.24, 2.45) is 0 Å². The molecule has 0 saturated heterocycles.